The third-order valence-corrected chi connectivity index (χ3v) is 6.10. The number of carbonyl (C=O) groups excluding carboxylic acids is 1. The predicted octanol–water partition coefficient (Wildman–Crippen LogP) is 2.50. The van der Waals surface area contributed by atoms with E-state index in [-0.39, 0.29) is 35.8 Å². The Bertz CT molecular complexity index is 874. The fourth-order valence-electron chi connectivity index (χ4n) is 4.25. The van der Waals surface area contributed by atoms with Gasteiger partial charge in [0.25, 0.3) is 0 Å². The number of imidazole rings is 1. The summed E-state index contributed by atoms with van der Waals surface area (Å²) in [6.45, 7) is 7.81. The standard InChI is InChI=1S/C23H37N7O.HI/c1-18-28-20-8-3-4-9-21(20)30(18)15-7-13-27-23(25-2)26-12-5-6-14-29-16-10-19(11-17-29)22(24)31;/h3-4,8-9,19H,5-7,10-17H2,1-2H3,(H2,24,31)(H2,25,26,27);1H. The fraction of sp³-hybridized carbons (Fsp3) is 0.609. The summed E-state index contributed by atoms with van der Waals surface area (Å²) >= 11 is 0. The van der Waals surface area contributed by atoms with E-state index in [4.69, 9.17) is 5.73 Å². The molecule has 0 atom stereocenters. The summed E-state index contributed by atoms with van der Waals surface area (Å²) in [5, 5.41) is 6.81. The number of hydrogen-bond donors (Lipinski definition) is 3. The van der Waals surface area contributed by atoms with Crippen LogP contribution in [0.2, 0.25) is 0 Å². The number of unbranched alkanes of at least 4 members (excludes halogenated alkanes) is 1. The van der Waals surface area contributed by atoms with Gasteiger partial charge in [-0.05, 0) is 70.8 Å². The number of hydrogen-bond acceptors (Lipinski definition) is 4. The molecule has 1 fully saturated rings. The number of fused-ring (bicyclic) bond motifs is 1. The van der Waals surface area contributed by atoms with Crippen LogP contribution >= 0.6 is 24.0 Å². The van der Waals surface area contributed by atoms with Crippen molar-refractivity contribution in [1.82, 2.24) is 25.1 Å². The van der Waals surface area contributed by atoms with Gasteiger partial charge in [-0.15, -0.1) is 24.0 Å². The van der Waals surface area contributed by atoms with Crippen molar-refractivity contribution < 1.29 is 4.79 Å². The Morgan fingerprint density at radius 3 is 2.50 bits per heavy atom. The van der Waals surface area contributed by atoms with Crippen molar-refractivity contribution in [2.75, 3.05) is 39.8 Å². The second kappa shape index (κ2) is 13.6. The highest BCUT2D eigenvalue weighted by atomic mass is 127. The van der Waals surface area contributed by atoms with Crippen LogP contribution in [0.25, 0.3) is 11.0 Å². The maximum atomic E-state index is 11.2. The van der Waals surface area contributed by atoms with Crippen LogP contribution in [-0.2, 0) is 11.3 Å². The number of primary amides is 1. The lowest BCUT2D eigenvalue weighted by Crippen LogP contribution is -2.40. The van der Waals surface area contributed by atoms with E-state index in [1.165, 1.54) is 5.52 Å². The second-order valence-corrected chi connectivity index (χ2v) is 8.30. The topological polar surface area (TPSA) is 101 Å². The van der Waals surface area contributed by atoms with Gasteiger partial charge in [-0.25, -0.2) is 4.98 Å². The van der Waals surface area contributed by atoms with Crippen molar-refractivity contribution in [3.8, 4) is 0 Å². The Morgan fingerprint density at radius 2 is 1.81 bits per heavy atom. The number of guanidine groups is 1. The number of piperidine rings is 1. The minimum atomic E-state index is -0.142. The number of nitrogens with one attached hydrogen (secondary N) is 2. The van der Waals surface area contributed by atoms with E-state index in [0.29, 0.717) is 0 Å². The largest absolute Gasteiger partial charge is 0.369 e. The van der Waals surface area contributed by atoms with Gasteiger partial charge < -0.3 is 25.8 Å². The molecule has 0 unspecified atom stereocenters. The average Bonchev–Trinajstić information content (AvgIpc) is 3.10. The van der Waals surface area contributed by atoms with Crippen LogP contribution < -0.4 is 16.4 Å². The number of aromatic nitrogens is 2. The number of nitrogens with two attached hydrogens (primary N) is 1. The van der Waals surface area contributed by atoms with Crippen molar-refractivity contribution in [2.45, 2.75) is 45.6 Å². The maximum Gasteiger partial charge on any atom is 0.220 e. The molecule has 4 N–H and O–H groups in total. The molecular formula is C23H38IN7O. The van der Waals surface area contributed by atoms with E-state index in [9.17, 15) is 4.79 Å². The van der Waals surface area contributed by atoms with E-state index in [2.05, 4.69) is 55.2 Å². The number of aliphatic imine (C=N–C) groups is 1. The third kappa shape index (κ3) is 7.61. The molecule has 9 heteroatoms. The predicted molar refractivity (Wildman–Crippen MR) is 141 cm³/mol. The number of rotatable bonds is 10. The van der Waals surface area contributed by atoms with E-state index in [1.54, 1.807) is 0 Å². The third-order valence-electron chi connectivity index (χ3n) is 6.10. The molecule has 2 aromatic rings. The number of aryl methyl sites for hydroxylation is 2. The van der Waals surface area contributed by atoms with Crippen molar-refractivity contribution in [3.05, 3.63) is 30.1 Å². The molecule has 0 bridgehead atoms. The first-order chi connectivity index (χ1) is 15.1. The minimum Gasteiger partial charge on any atom is -0.369 e. The van der Waals surface area contributed by atoms with Crippen LogP contribution in [0.1, 0.15) is 37.9 Å². The first-order valence-corrected chi connectivity index (χ1v) is 11.5. The van der Waals surface area contributed by atoms with Crippen LogP contribution in [0, 0.1) is 12.8 Å². The molecule has 32 heavy (non-hydrogen) atoms. The number of nitrogens with zero attached hydrogens (tertiary/aromatic N) is 4. The van der Waals surface area contributed by atoms with Gasteiger partial charge >= 0.3 is 0 Å². The molecule has 8 nitrogen and oxygen atoms in total. The average molecular weight is 556 g/mol. The zero-order chi connectivity index (χ0) is 22.1. The number of para-hydroxylation sites is 2. The van der Waals surface area contributed by atoms with Crippen molar-refractivity contribution >= 4 is 46.9 Å². The smallest absolute Gasteiger partial charge is 0.220 e. The monoisotopic (exact) mass is 555 g/mol. The molecule has 2 heterocycles. The van der Waals surface area contributed by atoms with Gasteiger partial charge in [0.05, 0.1) is 11.0 Å². The number of benzene rings is 1. The summed E-state index contributed by atoms with van der Waals surface area (Å²) in [6, 6.07) is 8.28. The summed E-state index contributed by atoms with van der Waals surface area (Å²) in [4.78, 5) is 22.6. The summed E-state index contributed by atoms with van der Waals surface area (Å²) in [5.41, 5.74) is 7.66. The van der Waals surface area contributed by atoms with Crippen LogP contribution in [0.3, 0.4) is 0 Å². The lowest BCUT2D eigenvalue weighted by atomic mass is 9.96. The Morgan fingerprint density at radius 1 is 1.12 bits per heavy atom. The zero-order valence-electron chi connectivity index (χ0n) is 19.3. The quantitative estimate of drug-likeness (QED) is 0.181. The highest BCUT2D eigenvalue weighted by Crippen LogP contribution is 2.17. The summed E-state index contributed by atoms with van der Waals surface area (Å²) in [5.74, 6) is 1.84. The molecule has 0 aliphatic carbocycles. The molecule has 0 saturated carbocycles. The normalized spacial score (nSPS) is 15.5. The van der Waals surface area contributed by atoms with Crippen molar-refractivity contribution in [3.63, 3.8) is 0 Å². The first-order valence-electron chi connectivity index (χ1n) is 11.5. The van der Waals surface area contributed by atoms with Crippen LogP contribution in [0.5, 0.6) is 0 Å². The molecule has 3 rings (SSSR count). The second-order valence-electron chi connectivity index (χ2n) is 8.30. The van der Waals surface area contributed by atoms with Crippen LogP contribution in [-0.4, -0.2) is 66.1 Å². The van der Waals surface area contributed by atoms with E-state index < -0.39 is 0 Å². The highest BCUT2D eigenvalue weighted by Gasteiger charge is 2.22. The molecule has 1 aromatic carbocycles. The van der Waals surface area contributed by atoms with E-state index >= 15 is 0 Å². The van der Waals surface area contributed by atoms with Gasteiger partial charge in [-0.3, -0.25) is 9.79 Å². The van der Waals surface area contributed by atoms with Gasteiger partial charge in [0.15, 0.2) is 5.96 Å². The maximum absolute atomic E-state index is 11.2. The molecular weight excluding hydrogens is 517 g/mol. The van der Waals surface area contributed by atoms with Gasteiger partial charge in [-0.2, -0.15) is 0 Å². The molecule has 0 spiro atoms. The summed E-state index contributed by atoms with van der Waals surface area (Å²) in [6.07, 6.45) is 5.04. The lowest BCUT2D eigenvalue weighted by molar-refractivity contribution is -0.123. The SMILES string of the molecule is CN=C(NCCCCN1CCC(C(N)=O)CC1)NCCCn1c(C)nc2ccccc21.I. The van der Waals surface area contributed by atoms with E-state index in [1.807, 2.05) is 13.1 Å². The Labute approximate surface area is 208 Å². The van der Waals surface area contributed by atoms with E-state index in [0.717, 1.165) is 88.7 Å². The first kappa shape index (κ1) is 26.4. The van der Waals surface area contributed by atoms with Crippen LogP contribution in [0.15, 0.2) is 29.3 Å². The Kier molecular flexibility index (Phi) is 11.2. The minimum absolute atomic E-state index is 0. The Balaban J connectivity index is 0.00000363. The summed E-state index contributed by atoms with van der Waals surface area (Å²) < 4.78 is 2.28. The fourth-order valence-corrected chi connectivity index (χ4v) is 4.25. The molecule has 178 valence electrons. The molecule has 1 saturated heterocycles. The highest BCUT2D eigenvalue weighted by molar-refractivity contribution is 14.0. The van der Waals surface area contributed by atoms with Gasteiger partial charge in [-0.1, -0.05) is 12.1 Å². The van der Waals surface area contributed by atoms with Gasteiger partial charge in [0, 0.05) is 32.6 Å². The van der Waals surface area contributed by atoms with Crippen molar-refractivity contribution in [2.24, 2.45) is 16.6 Å². The number of halogens is 1. The number of likely N-dealkylation sites (tertiary alicyclic amines) is 1. The summed E-state index contributed by atoms with van der Waals surface area (Å²) in [7, 11) is 1.81. The number of amides is 1. The molecule has 1 aromatic heterocycles. The van der Waals surface area contributed by atoms with Crippen LogP contribution in [0.4, 0.5) is 0 Å². The lowest BCUT2D eigenvalue weighted by Gasteiger charge is -2.30. The van der Waals surface area contributed by atoms with Gasteiger partial charge in [0.2, 0.25) is 5.91 Å². The van der Waals surface area contributed by atoms with Gasteiger partial charge in [0.1, 0.15) is 5.82 Å². The number of carbonyl (C=O) groups is 1. The molecule has 1 aliphatic heterocycles. The molecule has 1 aliphatic rings. The molecule has 1 amide bonds. The zero-order valence-corrected chi connectivity index (χ0v) is 21.7. The Hall–Kier alpha value is -1.88. The molecule has 0 radical (unpaired) electrons. The van der Waals surface area contributed by atoms with Crippen molar-refractivity contribution in [1.29, 1.82) is 0 Å².